The molecule has 0 aliphatic rings. The maximum Gasteiger partial charge on any atom is 0.343 e. The van der Waals surface area contributed by atoms with Gasteiger partial charge in [0, 0.05) is 16.5 Å². The number of rotatable bonds is 21. The summed E-state index contributed by atoms with van der Waals surface area (Å²) in [7, 11) is 0. The first-order valence-electron chi connectivity index (χ1n) is 15.3. The number of esters is 1. The van der Waals surface area contributed by atoms with Crippen LogP contribution in [0.2, 0.25) is 0 Å². The Balaban J connectivity index is 1.68. The predicted octanol–water partition coefficient (Wildman–Crippen LogP) is 7.72. The second-order valence-corrected chi connectivity index (χ2v) is 11.2. The fourth-order valence-electron chi connectivity index (χ4n) is 4.21. The summed E-state index contributed by atoms with van der Waals surface area (Å²) in [5, 5.41) is 6.60. The highest BCUT2D eigenvalue weighted by Gasteiger charge is 2.12. The van der Waals surface area contributed by atoms with Crippen molar-refractivity contribution in [3.05, 3.63) is 58.1 Å². The molecular weight excluding hydrogens is 598 g/mol. The molecule has 0 aliphatic heterocycles. The molecule has 0 radical (unpaired) electrons. The first kappa shape index (κ1) is 35.0. The largest absolute Gasteiger partial charge is 0.494 e. The molecule has 2 amide bonds. The second kappa shape index (κ2) is 21.5. The molecule has 230 valence electrons. The summed E-state index contributed by atoms with van der Waals surface area (Å²) in [5.74, 6) is -0.147. The third kappa shape index (κ3) is 15.1. The summed E-state index contributed by atoms with van der Waals surface area (Å²) < 4.78 is 11.9. The average Bonchev–Trinajstić information content (AvgIpc) is 2.99. The van der Waals surface area contributed by atoms with Crippen LogP contribution < -0.4 is 20.2 Å². The third-order valence-electron chi connectivity index (χ3n) is 6.58. The zero-order valence-electron chi connectivity index (χ0n) is 25.1. The van der Waals surface area contributed by atoms with Gasteiger partial charge < -0.3 is 14.8 Å². The number of hydrazone groups is 1. The lowest BCUT2D eigenvalue weighted by atomic mass is 10.1. The standard InChI is InChI=1S/C33H46BrN3O5/c1-3-5-6-7-8-9-10-11-12-13-14-15-31(38)35-25-32(39)37-36-24-27-23-28(34)18-21-30(27)42-33(40)26-16-19-29(20-17-26)41-22-4-2/h16-21,23-24H,3-15,22,25H2,1-2H3,(H,35,38)(H,37,39)/b36-24-. The van der Waals surface area contributed by atoms with E-state index in [0.29, 0.717) is 29.9 Å². The van der Waals surface area contributed by atoms with E-state index in [0.717, 1.165) is 30.2 Å². The molecule has 0 bridgehead atoms. The monoisotopic (exact) mass is 643 g/mol. The molecule has 0 aromatic heterocycles. The van der Waals surface area contributed by atoms with Crippen molar-refractivity contribution in [2.75, 3.05) is 13.2 Å². The minimum atomic E-state index is -0.529. The molecule has 2 N–H and O–H groups in total. The van der Waals surface area contributed by atoms with Crippen molar-refractivity contribution in [2.45, 2.75) is 97.3 Å². The van der Waals surface area contributed by atoms with Crippen LogP contribution in [0.25, 0.3) is 0 Å². The number of halogens is 1. The summed E-state index contributed by atoms with van der Waals surface area (Å²) in [6.45, 7) is 4.70. The number of ether oxygens (including phenoxy) is 2. The van der Waals surface area contributed by atoms with Gasteiger partial charge in [0.1, 0.15) is 11.5 Å². The first-order valence-corrected chi connectivity index (χ1v) is 16.1. The maximum absolute atomic E-state index is 12.7. The van der Waals surface area contributed by atoms with Gasteiger partial charge in [0.15, 0.2) is 0 Å². The van der Waals surface area contributed by atoms with E-state index in [1.807, 2.05) is 6.92 Å². The quantitative estimate of drug-likeness (QED) is 0.0476. The Morgan fingerprint density at radius 3 is 2.10 bits per heavy atom. The highest BCUT2D eigenvalue weighted by atomic mass is 79.9. The van der Waals surface area contributed by atoms with Crippen LogP contribution in [0.4, 0.5) is 0 Å². The van der Waals surface area contributed by atoms with Gasteiger partial charge in [-0.15, -0.1) is 0 Å². The van der Waals surface area contributed by atoms with Crippen LogP contribution in [0.15, 0.2) is 52.0 Å². The zero-order chi connectivity index (χ0) is 30.4. The molecule has 0 unspecified atom stereocenters. The molecule has 0 fully saturated rings. The Labute approximate surface area is 259 Å². The number of carbonyl (C=O) groups excluding carboxylic acids is 3. The van der Waals surface area contributed by atoms with Gasteiger partial charge in [-0.05, 0) is 55.3 Å². The van der Waals surface area contributed by atoms with Gasteiger partial charge in [0.2, 0.25) is 5.91 Å². The topological polar surface area (TPSA) is 106 Å². The highest BCUT2D eigenvalue weighted by Crippen LogP contribution is 2.23. The van der Waals surface area contributed by atoms with E-state index in [9.17, 15) is 14.4 Å². The molecule has 0 spiro atoms. The minimum absolute atomic E-state index is 0.142. The smallest absolute Gasteiger partial charge is 0.343 e. The lowest BCUT2D eigenvalue weighted by Crippen LogP contribution is -2.34. The fraction of sp³-hybridized carbons (Fsp3) is 0.515. The molecule has 8 nitrogen and oxygen atoms in total. The molecule has 0 saturated heterocycles. The summed E-state index contributed by atoms with van der Waals surface area (Å²) in [5.41, 5.74) is 3.26. The Kier molecular flexibility index (Phi) is 17.9. The van der Waals surface area contributed by atoms with Crippen molar-refractivity contribution in [1.29, 1.82) is 0 Å². The molecule has 2 aromatic rings. The summed E-state index contributed by atoms with van der Waals surface area (Å²) in [6.07, 6.45) is 16.1. The number of unbranched alkanes of at least 4 members (excludes halogenated alkanes) is 10. The summed E-state index contributed by atoms with van der Waals surface area (Å²) in [4.78, 5) is 36.9. The number of nitrogens with one attached hydrogen (secondary N) is 2. The van der Waals surface area contributed by atoms with E-state index >= 15 is 0 Å². The molecule has 0 atom stereocenters. The SMILES string of the molecule is CCCCCCCCCCCCCC(=O)NCC(=O)N/N=C\c1cc(Br)ccc1OC(=O)c1ccc(OCCC)cc1. The first-order chi connectivity index (χ1) is 20.4. The molecule has 2 rings (SSSR count). The van der Waals surface area contributed by atoms with E-state index in [2.05, 4.69) is 38.7 Å². The Morgan fingerprint density at radius 2 is 1.45 bits per heavy atom. The van der Waals surface area contributed by atoms with E-state index in [-0.39, 0.29) is 18.2 Å². The average molecular weight is 645 g/mol. The van der Waals surface area contributed by atoms with Crippen LogP contribution in [-0.2, 0) is 9.59 Å². The van der Waals surface area contributed by atoms with Crippen LogP contribution in [-0.4, -0.2) is 37.1 Å². The van der Waals surface area contributed by atoms with Crippen LogP contribution in [0.1, 0.15) is 113 Å². The van der Waals surface area contributed by atoms with Crippen molar-refractivity contribution in [2.24, 2.45) is 5.10 Å². The Hall–Kier alpha value is -3.20. The van der Waals surface area contributed by atoms with Crippen molar-refractivity contribution < 1.29 is 23.9 Å². The summed E-state index contributed by atoms with van der Waals surface area (Å²) in [6, 6.07) is 11.8. The molecular formula is C33H46BrN3O5. The zero-order valence-corrected chi connectivity index (χ0v) is 26.7. The molecule has 2 aromatic carbocycles. The Morgan fingerprint density at radius 1 is 0.810 bits per heavy atom. The number of hydrogen-bond donors (Lipinski definition) is 2. The number of amides is 2. The van der Waals surface area contributed by atoms with E-state index < -0.39 is 11.9 Å². The Bertz CT molecular complexity index is 1120. The lowest BCUT2D eigenvalue weighted by molar-refractivity contribution is -0.126. The number of benzene rings is 2. The third-order valence-corrected chi connectivity index (χ3v) is 7.08. The highest BCUT2D eigenvalue weighted by molar-refractivity contribution is 9.10. The normalized spacial score (nSPS) is 10.9. The van der Waals surface area contributed by atoms with E-state index in [1.165, 1.54) is 57.6 Å². The van der Waals surface area contributed by atoms with Gasteiger partial charge in [-0.1, -0.05) is 94.0 Å². The fourth-order valence-corrected chi connectivity index (χ4v) is 4.59. The number of hydrogen-bond acceptors (Lipinski definition) is 6. The maximum atomic E-state index is 12.7. The lowest BCUT2D eigenvalue weighted by Gasteiger charge is -2.09. The molecule has 0 aliphatic carbocycles. The summed E-state index contributed by atoms with van der Waals surface area (Å²) >= 11 is 3.40. The van der Waals surface area contributed by atoms with E-state index in [4.69, 9.17) is 9.47 Å². The van der Waals surface area contributed by atoms with Gasteiger partial charge >= 0.3 is 5.97 Å². The van der Waals surface area contributed by atoms with Crippen LogP contribution in [0.3, 0.4) is 0 Å². The van der Waals surface area contributed by atoms with Crippen LogP contribution in [0, 0.1) is 0 Å². The van der Waals surface area contributed by atoms with Crippen molar-refractivity contribution >= 4 is 39.9 Å². The van der Waals surface area contributed by atoms with Crippen LogP contribution >= 0.6 is 15.9 Å². The van der Waals surface area contributed by atoms with Gasteiger partial charge in [-0.2, -0.15) is 5.10 Å². The second-order valence-electron chi connectivity index (χ2n) is 10.3. The van der Waals surface area contributed by atoms with Gasteiger partial charge in [-0.3, -0.25) is 9.59 Å². The van der Waals surface area contributed by atoms with Gasteiger partial charge in [0.25, 0.3) is 5.91 Å². The molecule has 0 heterocycles. The van der Waals surface area contributed by atoms with Gasteiger partial charge in [0.05, 0.1) is 24.9 Å². The van der Waals surface area contributed by atoms with E-state index in [1.54, 1.807) is 42.5 Å². The van der Waals surface area contributed by atoms with Crippen LogP contribution in [0.5, 0.6) is 11.5 Å². The number of nitrogens with zero attached hydrogens (tertiary/aromatic N) is 1. The van der Waals surface area contributed by atoms with Gasteiger partial charge in [-0.25, -0.2) is 10.2 Å². The van der Waals surface area contributed by atoms with Crippen molar-refractivity contribution in [1.82, 2.24) is 10.7 Å². The number of carbonyl (C=O) groups is 3. The molecule has 9 heteroatoms. The van der Waals surface area contributed by atoms with Crippen molar-refractivity contribution in [3.8, 4) is 11.5 Å². The predicted molar refractivity (Wildman–Crippen MR) is 171 cm³/mol. The molecule has 42 heavy (non-hydrogen) atoms. The van der Waals surface area contributed by atoms with Crippen molar-refractivity contribution in [3.63, 3.8) is 0 Å². The minimum Gasteiger partial charge on any atom is -0.494 e. The molecule has 0 saturated carbocycles.